The SMILES string of the molecule is NC(=O)CC1CCCN1C12CC3CC(CC(C3)C1)C2. The van der Waals surface area contributed by atoms with Crippen LogP contribution in [-0.4, -0.2) is 28.9 Å². The lowest BCUT2D eigenvalue weighted by Crippen LogP contribution is -2.61. The maximum atomic E-state index is 11.3. The number of hydrogen-bond donors (Lipinski definition) is 1. The van der Waals surface area contributed by atoms with Crippen LogP contribution in [0.3, 0.4) is 0 Å². The van der Waals surface area contributed by atoms with E-state index in [1.165, 1.54) is 57.9 Å². The number of carbonyl (C=O) groups is 1. The molecule has 4 bridgehead atoms. The van der Waals surface area contributed by atoms with E-state index >= 15 is 0 Å². The van der Waals surface area contributed by atoms with Crippen LogP contribution < -0.4 is 5.73 Å². The number of rotatable bonds is 3. The highest BCUT2D eigenvalue weighted by atomic mass is 16.1. The summed E-state index contributed by atoms with van der Waals surface area (Å²) >= 11 is 0. The van der Waals surface area contributed by atoms with Crippen LogP contribution in [0.2, 0.25) is 0 Å². The first-order chi connectivity index (χ1) is 9.14. The first-order valence-electron chi connectivity index (χ1n) is 8.20. The molecule has 1 atom stereocenters. The van der Waals surface area contributed by atoms with Gasteiger partial charge in [-0.3, -0.25) is 9.69 Å². The molecule has 4 saturated carbocycles. The van der Waals surface area contributed by atoms with Crippen LogP contribution in [0, 0.1) is 17.8 Å². The standard InChI is InChI=1S/C16H26N2O/c17-15(19)7-14-2-1-3-18(14)16-8-11-4-12(9-16)6-13(5-11)10-16/h11-14H,1-10H2,(H2,17,19). The Morgan fingerprint density at radius 1 is 1.11 bits per heavy atom. The Kier molecular flexibility index (Phi) is 2.70. The maximum absolute atomic E-state index is 11.3. The third kappa shape index (κ3) is 1.93. The topological polar surface area (TPSA) is 46.3 Å². The summed E-state index contributed by atoms with van der Waals surface area (Å²) in [5.74, 6) is 2.85. The van der Waals surface area contributed by atoms with Gasteiger partial charge in [0.05, 0.1) is 0 Å². The smallest absolute Gasteiger partial charge is 0.218 e. The quantitative estimate of drug-likeness (QED) is 0.848. The van der Waals surface area contributed by atoms with E-state index in [0.29, 0.717) is 18.0 Å². The molecule has 0 aromatic carbocycles. The Morgan fingerprint density at radius 3 is 2.21 bits per heavy atom. The Hall–Kier alpha value is -0.570. The largest absolute Gasteiger partial charge is 0.370 e. The highest BCUT2D eigenvalue weighted by Gasteiger charge is 2.55. The second-order valence-electron chi connectivity index (χ2n) is 7.80. The molecule has 0 radical (unpaired) electrons. The average Bonchev–Trinajstić information content (AvgIpc) is 2.74. The molecule has 3 heteroatoms. The minimum absolute atomic E-state index is 0.110. The molecule has 1 aliphatic heterocycles. The summed E-state index contributed by atoms with van der Waals surface area (Å²) in [6.07, 6.45) is 11.7. The van der Waals surface area contributed by atoms with Crippen molar-refractivity contribution in [3.05, 3.63) is 0 Å². The molecule has 106 valence electrons. The molecule has 0 aromatic heterocycles. The van der Waals surface area contributed by atoms with Gasteiger partial charge in [-0.1, -0.05) is 0 Å². The zero-order valence-corrected chi connectivity index (χ0v) is 11.8. The highest BCUT2D eigenvalue weighted by molar-refractivity contribution is 5.74. The zero-order valence-electron chi connectivity index (χ0n) is 11.8. The van der Waals surface area contributed by atoms with E-state index in [0.717, 1.165) is 17.8 Å². The van der Waals surface area contributed by atoms with E-state index in [-0.39, 0.29) is 5.91 Å². The molecule has 3 nitrogen and oxygen atoms in total. The van der Waals surface area contributed by atoms with Gasteiger partial charge in [0.15, 0.2) is 0 Å². The summed E-state index contributed by atoms with van der Waals surface area (Å²) in [5.41, 5.74) is 5.92. The van der Waals surface area contributed by atoms with Gasteiger partial charge in [-0.05, 0) is 75.7 Å². The summed E-state index contributed by atoms with van der Waals surface area (Å²) in [5, 5.41) is 0. The third-order valence-corrected chi connectivity index (χ3v) is 6.43. The number of nitrogens with two attached hydrogens (primary N) is 1. The van der Waals surface area contributed by atoms with Crippen LogP contribution in [0.4, 0.5) is 0 Å². The number of amides is 1. The fourth-order valence-corrected chi connectivity index (χ4v) is 6.32. The summed E-state index contributed by atoms with van der Waals surface area (Å²) < 4.78 is 0. The fraction of sp³-hybridized carbons (Fsp3) is 0.938. The average molecular weight is 262 g/mol. The van der Waals surface area contributed by atoms with Crippen LogP contribution in [0.15, 0.2) is 0 Å². The first-order valence-corrected chi connectivity index (χ1v) is 8.20. The van der Waals surface area contributed by atoms with E-state index in [2.05, 4.69) is 4.90 Å². The molecule has 5 rings (SSSR count). The minimum Gasteiger partial charge on any atom is -0.370 e. The monoisotopic (exact) mass is 262 g/mol. The van der Waals surface area contributed by atoms with E-state index < -0.39 is 0 Å². The van der Waals surface area contributed by atoms with Gasteiger partial charge in [-0.15, -0.1) is 0 Å². The van der Waals surface area contributed by atoms with E-state index in [1.807, 2.05) is 0 Å². The lowest BCUT2D eigenvalue weighted by atomic mass is 9.52. The Bertz CT molecular complexity index is 357. The van der Waals surface area contributed by atoms with Crippen molar-refractivity contribution in [2.75, 3.05) is 6.54 Å². The molecule has 5 aliphatic rings. The van der Waals surface area contributed by atoms with Crippen molar-refractivity contribution in [1.82, 2.24) is 4.90 Å². The number of hydrogen-bond acceptors (Lipinski definition) is 2. The van der Waals surface area contributed by atoms with Crippen molar-refractivity contribution < 1.29 is 4.79 Å². The van der Waals surface area contributed by atoms with Crippen LogP contribution in [0.5, 0.6) is 0 Å². The molecule has 0 spiro atoms. The molecule has 1 saturated heterocycles. The Balaban J connectivity index is 1.58. The molecule has 4 aliphatic carbocycles. The van der Waals surface area contributed by atoms with Gasteiger partial charge in [-0.25, -0.2) is 0 Å². The molecule has 1 amide bonds. The summed E-state index contributed by atoms with van der Waals surface area (Å²) in [6.45, 7) is 1.21. The van der Waals surface area contributed by atoms with Crippen LogP contribution >= 0.6 is 0 Å². The van der Waals surface area contributed by atoms with Gasteiger partial charge < -0.3 is 5.73 Å². The van der Waals surface area contributed by atoms with Crippen molar-refractivity contribution in [3.8, 4) is 0 Å². The second kappa shape index (κ2) is 4.21. The molecule has 5 fully saturated rings. The fourth-order valence-electron chi connectivity index (χ4n) is 6.32. The minimum atomic E-state index is -0.110. The van der Waals surface area contributed by atoms with Gasteiger partial charge in [0.1, 0.15) is 0 Å². The predicted octanol–water partition coefficient (Wildman–Crippen LogP) is 2.29. The molecule has 1 heterocycles. The van der Waals surface area contributed by atoms with E-state index in [1.54, 1.807) is 0 Å². The molecule has 2 N–H and O–H groups in total. The maximum Gasteiger partial charge on any atom is 0.218 e. The molecule has 0 aromatic rings. The van der Waals surface area contributed by atoms with Gasteiger partial charge in [0, 0.05) is 18.0 Å². The molecular formula is C16H26N2O. The van der Waals surface area contributed by atoms with Gasteiger partial charge in [0.2, 0.25) is 5.91 Å². The lowest BCUT2D eigenvalue weighted by Gasteiger charge is -2.61. The van der Waals surface area contributed by atoms with Crippen LogP contribution in [0.25, 0.3) is 0 Å². The first kappa shape index (κ1) is 12.2. The Labute approximate surface area is 115 Å². The third-order valence-electron chi connectivity index (χ3n) is 6.43. The summed E-state index contributed by atoms with van der Waals surface area (Å²) in [4.78, 5) is 14.1. The van der Waals surface area contributed by atoms with Crippen molar-refractivity contribution in [3.63, 3.8) is 0 Å². The number of likely N-dealkylation sites (tertiary alicyclic amines) is 1. The number of primary amides is 1. The molecule has 19 heavy (non-hydrogen) atoms. The zero-order chi connectivity index (χ0) is 13.0. The van der Waals surface area contributed by atoms with Crippen molar-refractivity contribution in [2.45, 2.75) is 69.4 Å². The van der Waals surface area contributed by atoms with E-state index in [4.69, 9.17) is 5.73 Å². The lowest BCUT2D eigenvalue weighted by molar-refractivity contribution is -0.122. The van der Waals surface area contributed by atoms with Gasteiger partial charge in [0.25, 0.3) is 0 Å². The molecular weight excluding hydrogens is 236 g/mol. The number of carbonyl (C=O) groups excluding carboxylic acids is 1. The van der Waals surface area contributed by atoms with Crippen LogP contribution in [0.1, 0.15) is 57.8 Å². The van der Waals surface area contributed by atoms with Crippen molar-refractivity contribution >= 4 is 5.91 Å². The van der Waals surface area contributed by atoms with Crippen molar-refractivity contribution in [1.29, 1.82) is 0 Å². The molecule has 1 unspecified atom stereocenters. The van der Waals surface area contributed by atoms with E-state index in [9.17, 15) is 4.79 Å². The van der Waals surface area contributed by atoms with Crippen LogP contribution in [-0.2, 0) is 4.79 Å². The Morgan fingerprint density at radius 2 is 1.68 bits per heavy atom. The van der Waals surface area contributed by atoms with Gasteiger partial charge >= 0.3 is 0 Å². The second-order valence-corrected chi connectivity index (χ2v) is 7.80. The highest BCUT2D eigenvalue weighted by Crippen LogP contribution is 2.58. The normalized spacial score (nSPS) is 48.8. The summed E-state index contributed by atoms with van der Waals surface area (Å²) in [6, 6.07) is 0.453. The predicted molar refractivity (Wildman–Crippen MR) is 74.4 cm³/mol. The van der Waals surface area contributed by atoms with Crippen molar-refractivity contribution in [2.24, 2.45) is 23.5 Å². The van der Waals surface area contributed by atoms with Gasteiger partial charge in [-0.2, -0.15) is 0 Å². The summed E-state index contributed by atoms with van der Waals surface area (Å²) in [7, 11) is 0. The number of nitrogens with zero attached hydrogens (tertiary/aromatic N) is 1.